The SMILES string of the molecule is COc1ccc2c(n1)CC(C)N(CB=O)C2. The van der Waals surface area contributed by atoms with Gasteiger partial charge in [0.05, 0.1) is 0 Å². The first-order valence-corrected chi connectivity index (χ1v) is 5.45. The number of hydrogen-bond donors (Lipinski definition) is 0. The van der Waals surface area contributed by atoms with Gasteiger partial charge in [0, 0.05) is 0 Å². The van der Waals surface area contributed by atoms with Gasteiger partial charge in [0.1, 0.15) is 0 Å². The number of methoxy groups -OCH3 is 1. The molecule has 2 rings (SSSR count). The molecule has 0 bridgehead atoms. The van der Waals surface area contributed by atoms with Crippen LogP contribution in [-0.2, 0) is 17.7 Å². The maximum absolute atomic E-state index is 10.6. The molecular formula is C11H15BN2O2. The fraction of sp³-hybridized carbons (Fsp3) is 0.545. The van der Waals surface area contributed by atoms with Gasteiger partial charge in [-0.15, -0.1) is 0 Å². The van der Waals surface area contributed by atoms with Crippen molar-refractivity contribution in [2.45, 2.75) is 25.9 Å². The summed E-state index contributed by atoms with van der Waals surface area (Å²) in [6.07, 6.45) is 1.37. The molecule has 0 amide bonds. The van der Waals surface area contributed by atoms with Gasteiger partial charge in [-0.1, -0.05) is 0 Å². The molecule has 0 N–H and O–H groups in total. The molecule has 84 valence electrons. The van der Waals surface area contributed by atoms with Gasteiger partial charge in [0.15, 0.2) is 0 Å². The second-order valence-corrected chi connectivity index (χ2v) is 4.11. The van der Waals surface area contributed by atoms with Crippen molar-refractivity contribution in [3.8, 4) is 5.88 Å². The zero-order chi connectivity index (χ0) is 11.5. The van der Waals surface area contributed by atoms with Crippen molar-refractivity contribution in [3.63, 3.8) is 0 Å². The third-order valence-electron chi connectivity index (χ3n) is 3.05. The van der Waals surface area contributed by atoms with E-state index in [2.05, 4.69) is 16.8 Å². The molecule has 1 atom stereocenters. The molecule has 0 fully saturated rings. The van der Waals surface area contributed by atoms with E-state index in [1.165, 1.54) is 5.56 Å². The van der Waals surface area contributed by atoms with Crippen LogP contribution in [0.15, 0.2) is 12.1 Å². The van der Waals surface area contributed by atoms with Crippen LogP contribution in [0.1, 0.15) is 18.2 Å². The van der Waals surface area contributed by atoms with Crippen molar-refractivity contribution in [1.82, 2.24) is 9.88 Å². The number of hydrogen-bond acceptors (Lipinski definition) is 4. The Hall–Kier alpha value is -1.23. The first-order chi connectivity index (χ1) is 7.74. The van der Waals surface area contributed by atoms with Crippen LogP contribution in [0.2, 0.25) is 0 Å². The van der Waals surface area contributed by atoms with Crippen molar-refractivity contribution in [1.29, 1.82) is 0 Å². The molecule has 5 heteroatoms. The van der Waals surface area contributed by atoms with Gasteiger partial charge < -0.3 is 0 Å². The van der Waals surface area contributed by atoms with E-state index in [4.69, 9.17) is 4.74 Å². The molecule has 1 aliphatic rings. The average molecular weight is 218 g/mol. The number of fused-ring (bicyclic) bond motifs is 1. The van der Waals surface area contributed by atoms with Crippen LogP contribution < -0.4 is 4.74 Å². The zero-order valence-electron chi connectivity index (χ0n) is 9.64. The van der Waals surface area contributed by atoms with E-state index in [9.17, 15) is 4.70 Å². The molecule has 0 radical (unpaired) electrons. The Morgan fingerprint density at radius 2 is 2.44 bits per heavy atom. The fourth-order valence-electron chi connectivity index (χ4n) is 2.07. The summed E-state index contributed by atoms with van der Waals surface area (Å²) in [5, 5.41) is 0. The monoisotopic (exact) mass is 218 g/mol. The van der Waals surface area contributed by atoms with Crippen molar-refractivity contribution in [2.75, 3.05) is 13.6 Å². The third kappa shape index (κ3) is 2.14. The summed E-state index contributed by atoms with van der Waals surface area (Å²) in [5.74, 6) is 0.662. The van der Waals surface area contributed by atoms with E-state index in [0.29, 0.717) is 18.4 Å². The maximum atomic E-state index is 10.6. The standard InChI is InChI=1S/C11H15BN2O2/c1-8-5-10-9(6-14(8)7-12-15)3-4-11(13-10)16-2/h3-4,8H,5-7H2,1-2H3. The molecule has 1 aromatic heterocycles. The molecule has 0 spiro atoms. The summed E-state index contributed by atoms with van der Waals surface area (Å²) in [4.78, 5) is 6.60. The van der Waals surface area contributed by atoms with E-state index >= 15 is 0 Å². The molecule has 4 nitrogen and oxygen atoms in total. The molecule has 2 heterocycles. The molecule has 0 saturated carbocycles. The van der Waals surface area contributed by atoms with Gasteiger partial charge in [-0.25, -0.2) is 0 Å². The molecule has 0 saturated heterocycles. The van der Waals surface area contributed by atoms with Crippen molar-refractivity contribution in [3.05, 3.63) is 23.4 Å². The van der Waals surface area contributed by atoms with Gasteiger partial charge in [-0.3, -0.25) is 0 Å². The number of aromatic nitrogens is 1. The quantitative estimate of drug-likeness (QED) is 0.705. The number of rotatable bonds is 3. The van der Waals surface area contributed by atoms with Crippen LogP contribution in [0.3, 0.4) is 0 Å². The second-order valence-electron chi connectivity index (χ2n) is 4.11. The van der Waals surface area contributed by atoms with Gasteiger partial charge in [0.25, 0.3) is 0 Å². The van der Waals surface area contributed by atoms with Crippen LogP contribution in [0.4, 0.5) is 0 Å². The van der Waals surface area contributed by atoms with Crippen molar-refractivity contribution in [2.24, 2.45) is 0 Å². The minimum absolute atomic E-state index is 0.359. The van der Waals surface area contributed by atoms with E-state index in [0.717, 1.165) is 25.8 Å². The van der Waals surface area contributed by atoms with Gasteiger partial charge >= 0.3 is 95.2 Å². The minimum atomic E-state index is 0.359. The molecule has 16 heavy (non-hydrogen) atoms. The molecule has 1 aliphatic heterocycles. The Bertz CT molecular complexity index is 398. The van der Waals surface area contributed by atoms with Crippen LogP contribution in [-0.4, -0.2) is 36.6 Å². The van der Waals surface area contributed by atoms with Crippen molar-refractivity contribution >= 4 is 7.15 Å². The molecule has 1 unspecified atom stereocenters. The average Bonchev–Trinajstić information content (AvgIpc) is 2.30. The zero-order valence-corrected chi connectivity index (χ0v) is 9.64. The molecular weight excluding hydrogens is 203 g/mol. The Labute approximate surface area is 95.9 Å². The molecule has 0 aromatic carbocycles. The normalized spacial score (nSPS) is 20.0. The van der Waals surface area contributed by atoms with Crippen LogP contribution in [0.25, 0.3) is 0 Å². The summed E-state index contributed by atoms with van der Waals surface area (Å²) in [6, 6.07) is 4.26. The van der Waals surface area contributed by atoms with Crippen LogP contribution >= 0.6 is 0 Å². The topological polar surface area (TPSA) is 42.4 Å². The number of ether oxygens (including phenoxy) is 1. The number of pyridine rings is 1. The Morgan fingerprint density at radius 1 is 1.62 bits per heavy atom. The van der Waals surface area contributed by atoms with Crippen LogP contribution in [0.5, 0.6) is 5.88 Å². The van der Waals surface area contributed by atoms with Crippen LogP contribution in [0, 0.1) is 0 Å². The van der Waals surface area contributed by atoms with Crippen molar-refractivity contribution < 1.29 is 9.44 Å². The first kappa shape index (κ1) is 11.3. The fourth-order valence-corrected chi connectivity index (χ4v) is 2.07. The van der Waals surface area contributed by atoms with Gasteiger partial charge in [-0.2, -0.15) is 0 Å². The van der Waals surface area contributed by atoms with E-state index in [1.54, 1.807) is 7.11 Å². The summed E-state index contributed by atoms with van der Waals surface area (Å²) < 4.78 is 15.7. The Balaban J connectivity index is 2.23. The van der Waals surface area contributed by atoms with E-state index < -0.39 is 0 Å². The predicted octanol–water partition coefficient (Wildman–Crippen LogP) is 0.844. The van der Waals surface area contributed by atoms with E-state index in [1.807, 2.05) is 12.1 Å². The molecule has 0 aliphatic carbocycles. The Morgan fingerprint density at radius 3 is 3.12 bits per heavy atom. The Kier molecular flexibility index (Phi) is 3.34. The van der Waals surface area contributed by atoms with Gasteiger partial charge in [-0.05, 0) is 0 Å². The summed E-state index contributed by atoms with van der Waals surface area (Å²) in [5.41, 5.74) is 2.29. The van der Waals surface area contributed by atoms with E-state index in [-0.39, 0.29) is 0 Å². The summed E-state index contributed by atoms with van der Waals surface area (Å²) >= 11 is 0. The summed E-state index contributed by atoms with van der Waals surface area (Å²) in [7, 11) is 2.58. The first-order valence-electron chi connectivity index (χ1n) is 5.45. The third-order valence-corrected chi connectivity index (χ3v) is 3.05. The molecule has 1 aromatic rings. The second kappa shape index (κ2) is 4.74. The summed E-state index contributed by atoms with van der Waals surface area (Å²) in [6.45, 7) is 2.92. The number of nitrogens with zero attached hydrogens (tertiary/aromatic N) is 2. The van der Waals surface area contributed by atoms with Gasteiger partial charge in [0.2, 0.25) is 0 Å². The predicted molar refractivity (Wildman–Crippen MR) is 60.8 cm³/mol.